The zero-order valence-corrected chi connectivity index (χ0v) is 16.2. The molecule has 0 radical (unpaired) electrons. The maximum atomic E-state index is 5.81. The van der Waals surface area contributed by atoms with Gasteiger partial charge in [0.05, 0.1) is 26.0 Å². The molecule has 1 saturated carbocycles. The van der Waals surface area contributed by atoms with Crippen molar-refractivity contribution in [3.8, 4) is 17.6 Å². The number of rotatable bonds is 4. The molecule has 3 rings (SSSR count). The standard InChI is InChI=1S/C21H27N3O3/c1-15-4-5-17(9-8-16-6-7-16)10-18(15)27-19(24-22)11-23-12-20-25-13-21(2,3)14-26-20/h4-5,10-11,16,20H,6-7,12-14,22H2,1-3H3/b23-11?,24-19+. The lowest BCUT2D eigenvalue weighted by Gasteiger charge is -2.33. The van der Waals surface area contributed by atoms with Crippen LogP contribution in [0, 0.1) is 30.1 Å². The fourth-order valence-corrected chi connectivity index (χ4v) is 2.45. The highest BCUT2D eigenvalue weighted by atomic mass is 16.7. The Hall–Kier alpha value is -2.36. The molecule has 1 aromatic rings. The van der Waals surface area contributed by atoms with Crippen LogP contribution in [0.3, 0.4) is 0 Å². The van der Waals surface area contributed by atoms with E-state index in [9.17, 15) is 0 Å². The van der Waals surface area contributed by atoms with Crippen molar-refractivity contribution in [1.29, 1.82) is 0 Å². The van der Waals surface area contributed by atoms with E-state index < -0.39 is 0 Å². The highest BCUT2D eigenvalue weighted by molar-refractivity contribution is 6.27. The average molecular weight is 369 g/mol. The van der Waals surface area contributed by atoms with Gasteiger partial charge in [-0.2, -0.15) is 0 Å². The lowest BCUT2D eigenvalue weighted by Crippen LogP contribution is -2.39. The molecule has 0 amide bonds. The Morgan fingerprint density at radius 1 is 1.33 bits per heavy atom. The number of benzene rings is 1. The van der Waals surface area contributed by atoms with Gasteiger partial charge in [0, 0.05) is 16.9 Å². The van der Waals surface area contributed by atoms with Gasteiger partial charge in [-0.25, -0.2) is 0 Å². The van der Waals surface area contributed by atoms with Crippen LogP contribution < -0.4 is 10.6 Å². The van der Waals surface area contributed by atoms with E-state index in [0.717, 1.165) is 11.1 Å². The summed E-state index contributed by atoms with van der Waals surface area (Å²) in [6.45, 7) is 7.83. The first-order valence-electron chi connectivity index (χ1n) is 9.26. The number of hydrogen-bond acceptors (Lipinski definition) is 6. The molecule has 6 heteroatoms. The molecule has 144 valence electrons. The number of ether oxygens (including phenoxy) is 3. The normalized spacial score (nSPS) is 20.3. The third-order valence-corrected chi connectivity index (χ3v) is 4.30. The Balaban J connectivity index is 1.57. The van der Waals surface area contributed by atoms with Crippen LogP contribution in [0.5, 0.6) is 5.75 Å². The summed E-state index contributed by atoms with van der Waals surface area (Å²) in [5.41, 5.74) is 1.93. The Morgan fingerprint density at radius 2 is 2.07 bits per heavy atom. The first-order chi connectivity index (χ1) is 12.9. The SMILES string of the molecule is Cc1ccc(C#CC2CC2)cc1O/C(C=NCC1OCC(C)(C)CO1)=N/N. The van der Waals surface area contributed by atoms with Gasteiger partial charge < -0.3 is 20.1 Å². The van der Waals surface area contributed by atoms with E-state index in [1.807, 2.05) is 25.1 Å². The van der Waals surface area contributed by atoms with Gasteiger partial charge in [0.15, 0.2) is 6.29 Å². The van der Waals surface area contributed by atoms with E-state index in [-0.39, 0.29) is 17.6 Å². The largest absolute Gasteiger partial charge is 0.436 e. The van der Waals surface area contributed by atoms with Crippen LogP contribution in [0.2, 0.25) is 0 Å². The molecular weight excluding hydrogens is 342 g/mol. The van der Waals surface area contributed by atoms with Crippen LogP contribution in [0.15, 0.2) is 28.3 Å². The third-order valence-electron chi connectivity index (χ3n) is 4.30. The van der Waals surface area contributed by atoms with Gasteiger partial charge in [-0.05, 0) is 37.5 Å². The predicted octanol–water partition coefficient (Wildman–Crippen LogP) is 2.88. The Labute approximate surface area is 160 Å². The zero-order valence-electron chi connectivity index (χ0n) is 16.2. The highest BCUT2D eigenvalue weighted by Gasteiger charge is 2.27. The minimum absolute atomic E-state index is 0.0398. The first kappa shape index (κ1) is 19.4. The van der Waals surface area contributed by atoms with Gasteiger partial charge in [0.2, 0.25) is 0 Å². The molecular formula is C21H27N3O3. The first-order valence-corrected chi connectivity index (χ1v) is 9.26. The average Bonchev–Trinajstić information content (AvgIpc) is 3.47. The summed E-state index contributed by atoms with van der Waals surface area (Å²) < 4.78 is 17.1. The van der Waals surface area contributed by atoms with E-state index in [1.165, 1.54) is 19.1 Å². The van der Waals surface area contributed by atoms with Crippen molar-refractivity contribution in [2.24, 2.45) is 27.3 Å². The van der Waals surface area contributed by atoms with Crippen molar-refractivity contribution < 1.29 is 14.2 Å². The van der Waals surface area contributed by atoms with Crippen molar-refractivity contribution in [1.82, 2.24) is 0 Å². The quantitative estimate of drug-likeness (QED) is 0.291. The molecule has 6 nitrogen and oxygen atoms in total. The second-order valence-electron chi connectivity index (χ2n) is 7.80. The fraction of sp³-hybridized carbons (Fsp3) is 0.524. The lowest BCUT2D eigenvalue weighted by molar-refractivity contribution is -0.215. The summed E-state index contributed by atoms with van der Waals surface area (Å²) in [6, 6.07) is 5.87. The number of aliphatic imine (C=N–C) groups is 1. The molecule has 0 bridgehead atoms. The molecule has 1 heterocycles. The van der Waals surface area contributed by atoms with E-state index in [0.29, 0.717) is 31.4 Å². The van der Waals surface area contributed by atoms with Gasteiger partial charge in [0.1, 0.15) is 5.75 Å². The van der Waals surface area contributed by atoms with Crippen LogP contribution in [0.1, 0.15) is 37.8 Å². The third kappa shape index (κ3) is 6.09. The smallest absolute Gasteiger partial charge is 0.253 e. The molecule has 2 N–H and O–H groups in total. The van der Waals surface area contributed by atoms with Crippen molar-refractivity contribution in [2.75, 3.05) is 19.8 Å². The van der Waals surface area contributed by atoms with E-state index in [4.69, 9.17) is 20.1 Å². The monoisotopic (exact) mass is 369 g/mol. The molecule has 1 aliphatic carbocycles. The molecule has 0 atom stereocenters. The Morgan fingerprint density at radius 3 is 2.74 bits per heavy atom. The van der Waals surface area contributed by atoms with Crippen molar-refractivity contribution in [2.45, 2.75) is 39.9 Å². The predicted molar refractivity (Wildman–Crippen MR) is 106 cm³/mol. The van der Waals surface area contributed by atoms with Crippen LogP contribution in [0.25, 0.3) is 0 Å². The molecule has 27 heavy (non-hydrogen) atoms. The minimum atomic E-state index is -0.351. The van der Waals surface area contributed by atoms with Gasteiger partial charge in [0.25, 0.3) is 5.90 Å². The second kappa shape index (κ2) is 8.55. The Bertz CT molecular complexity index is 776. The van der Waals surface area contributed by atoms with Crippen LogP contribution in [-0.4, -0.2) is 38.2 Å². The van der Waals surface area contributed by atoms with Crippen molar-refractivity contribution >= 4 is 12.1 Å². The summed E-state index contributed by atoms with van der Waals surface area (Å²) in [7, 11) is 0. The topological polar surface area (TPSA) is 78.4 Å². The number of nitrogens with zero attached hydrogens (tertiary/aromatic N) is 2. The second-order valence-corrected chi connectivity index (χ2v) is 7.80. The van der Waals surface area contributed by atoms with E-state index in [2.05, 4.69) is 35.8 Å². The summed E-state index contributed by atoms with van der Waals surface area (Å²) >= 11 is 0. The van der Waals surface area contributed by atoms with Crippen LogP contribution >= 0.6 is 0 Å². The summed E-state index contributed by atoms with van der Waals surface area (Å²) in [4.78, 5) is 4.29. The lowest BCUT2D eigenvalue weighted by atomic mass is 9.96. The van der Waals surface area contributed by atoms with Gasteiger partial charge in [-0.3, -0.25) is 4.99 Å². The molecule has 1 aliphatic heterocycles. The molecule has 1 saturated heterocycles. The van der Waals surface area contributed by atoms with Crippen LogP contribution in [-0.2, 0) is 9.47 Å². The van der Waals surface area contributed by atoms with Crippen LogP contribution in [0.4, 0.5) is 0 Å². The zero-order chi connectivity index (χ0) is 19.3. The molecule has 2 aliphatic rings. The van der Waals surface area contributed by atoms with Crippen molar-refractivity contribution in [3.63, 3.8) is 0 Å². The molecule has 0 aromatic heterocycles. The van der Waals surface area contributed by atoms with Gasteiger partial charge in [-0.15, -0.1) is 5.10 Å². The molecule has 0 unspecified atom stereocenters. The summed E-state index contributed by atoms with van der Waals surface area (Å²) in [5.74, 6) is 13.3. The number of hydrogen-bond donors (Lipinski definition) is 1. The van der Waals surface area contributed by atoms with Crippen molar-refractivity contribution in [3.05, 3.63) is 29.3 Å². The minimum Gasteiger partial charge on any atom is -0.436 e. The molecule has 0 spiro atoms. The number of aryl methyl sites for hydroxylation is 1. The van der Waals surface area contributed by atoms with E-state index in [1.54, 1.807) is 0 Å². The highest BCUT2D eigenvalue weighted by Crippen LogP contribution is 2.28. The Kier molecular flexibility index (Phi) is 6.15. The van der Waals surface area contributed by atoms with Gasteiger partial charge in [-0.1, -0.05) is 31.8 Å². The number of hydrazone groups is 1. The molecule has 2 fully saturated rings. The van der Waals surface area contributed by atoms with Gasteiger partial charge >= 0.3 is 0 Å². The maximum absolute atomic E-state index is 5.81. The molecule has 1 aromatic carbocycles. The maximum Gasteiger partial charge on any atom is 0.253 e. The summed E-state index contributed by atoms with van der Waals surface area (Å²) in [6.07, 6.45) is 3.55. The fourth-order valence-electron chi connectivity index (χ4n) is 2.45. The number of nitrogens with two attached hydrogens (primary N) is 1. The van der Waals surface area contributed by atoms with E-state index >= 15 is 0 Å². The summed E-state index contributed by atoms with van der Waals surface area (Å²) in [5, 5.41) is 3.67.